The number of nitrogens with one attached hydrogen (secondary N) is 1. The van der Waals surface area contributed by atoms with E-state index in [0.29, 0.717) is 0 Å². The van der Waals surface area contributed by atoms with Crippen molar-refractivity contribution in [1.29, 1.82) is 0 Å². The first kappa shape index (κ1) is 19.5. The third kappa shape index (κ3) is 5.95. The van der Waals surface area contributed by atoms with Gasteiger partial charge in [-0.05, 0) is 11.6 Å². The van der Waals surface area contributed by atoms with Crippen molar-refractivity contribution < 1.29 is 46.1 Å². The standard InChI is InChI=1S/C12H11F5N2O5/c1-22-7-2-6(3-18-4-7)9(10(13)14)19-5-8(20)23-24-11(21)12(15,16)17/h2-4,9-10,19H,5H2,1H3. The molecule has 1 aromatic rings. The van der Waals surface area contributed by atoms with Gasteiger partial charge in [0, 0.05) is 6.20 Å². The number of ether oxygens (including phenoxy) is 1. The second-order valence-corrected chi connectivity index (χ2v) is 4.18. The van der Waals surface area contributed by atoms with E-state index in [2.05, 4.69) is 20.1 Å². The monoisotopic (exact) mass is 358 g/mol. The van der Waals surface area contributed by atoms with E-state index in [-0.39, 0.29) is 11.3 Å². The Morgan fingerprint density at radius 1 is 1.25 bits per heavy atom. The number of pyridine rings is 1. The lowest BCUT2D eigenvalue weighted by Crippen LogP contribution is -2.34. The normalized spacial score (nSPS) is 12.6. The Morgan fingerprint density at radius 2 is 1.92 bits per heavy atom. The van der Waals surface area contributed by atoms with Gasteiger partial charge in [0.05, 0.1) is 25.9 Å². The number of hydrogen-bond donors (Lipinski definition) is 1. The quantitative estimate of drug-likeness (QED) is 0.469. The van der Waals surface area contributed by atoms with Crippen LogP contribution in [-0.2, 0) is 19.4 Å². The molecule has 0 saturated carbocycles. The molecule has 12 heteroatoms. The second kappa shape index (κ2) is 8.38. The fourth-order valence-electron chi connectivity index (χ4n) is 1.42. The van der Waals surface area contributed by atoms with E-state index in [1.807, 2.05) is 0 Å². The van der Waals surface area contributed by atoms with E-state index in [1.165, 1.54) is 19.4 Å². The summed E-state index contributed by atoms with van der Waals surface area (Å²) >= 11 is 0. The minimum Gasteiger partial charge on any atom is -0.495 e. The van der Waals surface area contributed by atoms with Crippen LogP contribution in [0.5, 0.6) is 5.75 Å². The summed E-state index contributed by atoms with van der Waals surface area (Å²) in [6, 6.07) is -0.454. The third-order valence-electron chi connectivity index (χ3n) is 2.49. The van der Waals surface area contributed by atoms with Crippen LogP contribution in [0.3, 0.4) is 0 Å². The summed E-state index contributed by atoms with van der Waals surface area (Å²) in [5.41, 5.74) is -0.0376. The van der Waals surface area contributed by atoms with E-state index < -0.39 is 37.1 Å². The summed E-state index contributed by atoms with van der Waals surface area (Å²) in [7, 11) is 1.29. The Hall–Kier alpha value is -2.50. The van der Waals surface area contributed by atoms with Crippen LogP contribution < -0.4 is 10.1 Å². The minimum atomic E-state index is -5.36. The Morgan fingerprint density at radius 3 is 2.46 bits per heavy atom. The zero-order chi connectivity index (χ0) is 18.3. The Labute approximate surface area is 131 Å². The van der Waals surface area contributed by atoms with Crippen LogP contribution >= 0.6 is 0 Å². The lowest BCUT2D eigenvalue weighted by Gasteiger charge is -2.17. The SMILES string of the molecule is COc1cncc(C(NCC(=O)OOC(=O)C(F)(F)F)C(F)F)c1. The van der Waals surface area contributed by atoms with Gasteiger partial charge in [0.1, 0.15) is 5.75 Å². The van der Waals surface area contributed by atoms with Crippen molar-refractivity contribution >= 4 is 11.9 Å². The van der Waals surface area contributed by atoms with Gasteiger partial charge >= 0.3 is 18.1 Å². The molecule has 134 valence electrons. The number of alkyl halides is 5. The number of carbonyl (C=O) groups is 2. The molecular weight excluding hydrogens is 347 g/mol. The fourth-order valence-corrected chi connectivity index (χ4v) is 1.42. The Balaban J connectivity index is 2.60. The maximum atomic E-state index is 13.0. The summed E-state index contributed by atoms with van der Waals surface area (Å²) in [6.45, 7) is -0.947. The van der Waals surface area contributed by atoms with Crippen molar-refractivity contribution in [2.24, 2.45) is 0 Å². The average molecular weight is 358 g/mol. The van der Waals surface area contributed by atoms with Crippen LogP contribution in [0.1, 0.15) is 11.6 Å². The largest absolute Gasteiger partial charge is 0.495 e. The highest BCUT2D eigenvalue weighted by Crippen LogP contribution is 2.23. The summed E-state index contributed by atoms with van der Waals surface area (Å²) in [4.78, 5) is 31.9. The molecule has 0 aliphatic rings. The van der Waals surface area contributed by atoms with Gasteiger partial charge in [-0.25, -0.2) is 28.1 Å². The predicted molar refractivity (Wildman–Crippen MR) is 65.8 cm³/mol. The fraction of sp³-hybridized carbons (Fsp3) is 0.417. The van der Waals surface area contributed by atoms with E-state index in [1.54, 1.807) is 0 Å². The van der Waals surface area contributed by atoms with E-state index in [9.17, 15) is 31.5 Å². The molecule has 1 rings (SSSR count). The molecule has 0 aliphatic heterocycles. The minimum absolute atomic E-state index is 0.0376. The number of nitrogens with zero attached hydrogens (tertiary/aromatic N) is 1. The van der Waals surface area contributed by atoms with Crippen LogP contribution in [0.15, 0.2) is 18.5 Å². The molecule has 1 unspecified atom stereocenters. The summed E-state index contributed by atoms with van der Waals surface area (Å²) in [6.07, 6.45) is -5.99. The molecule has 24 heavy (non-hydrogen) atoms. The van der Waals surface area contributed by atoms with Crippen LogP contribution in [0.4, 0.5) is 22.0 Å². The molecule has 0 spiro atoms. The molecule has 7 nitrogen and oxygen atoms in total. The van der Waals surface area contributed by atoms with E-state index in [4.69, 9.17) is 4.74 Å². The highest BCUT2D eigenvalue weighted by molar-refractivity contribution is 5.77. The summed E-state index contributed by atoms with van der Waals surface area (Å²) in [5.74, 6) is -4.08. The smallest absolute Gasteiger partial charge is 0.495 e. The van der Waals surface area contributed by atoms with Crippen molar-refractivity contribution in [3.63, 3.8) is 0 Å². The number of halogens is 5. The maximum Gasteiger partial charge on any atom is 0.495 e. The predicted octanol–water partition coefficient (Wildman–Crippen LogP) is 1.55. The number of aromatic nitrogens is 1. The van der Waals surface area contributed by atoms with Crippen LogP contribution in [0.25, 0.3) is 0 Å². The van der Waals surface area contributed by atoms with Gasteiger partial charge in [-0.1, -0.05) is 0 Å². The van der Waals surface area contributed by atoms with E-state index >= 15 is 0 Å². The number of carbonyl (C=O) groups excluding carboxylic acids is 2. The van der Waals surface area contributed by atoms with Crippen molar-refractivity contribution in [3.05, 3.63) is 24.0 Å². The van der Waals surface area contributed by atoms with Gasteiger partial charge in [0.2, 0.25) is 0 Å². The van der Waals surface area contributed by atoms with Gasteiger partial charge in [-0.3, -0.25) is 10.3 Å². The first-order valence-electron chi connectivity index (χ1n) is 6.14. The molecule has 0 aliphatic carbocycles. The van der Waals surface area contributed by atoms with Gasteiger partial charge in [-0.2, -0.15) is 13.2 Å². The van der Waals surface area contributed by atoms with Gasteiger partial charge in [-0.15, -0.1) is 0 Å². The number of methoxy groups -OCH3 is 1. The lowest BCUT2D eigenvalue weighted by molar-refractivity contribution is -0.285. The maximum absolute atomic E-state index is 13.0. The van der Waals surface area contributed by atoms with Crippen molar-refractivity contribution in [1.82, 2.24) is 10.3 Å². The van der Waals surface area contributed by atoms with Gasteiger partial charge in [0.15, 0.2) is 0 Å². The molecule has 0 fully saturated rings. The highest BCUT2D eigenvalue weighted by Gasteiger charge is 2.43. The van der Waals surface area contributed by atoms with Crippen LogP contribution in [0, 0.1) is 0 Å². The third-order valence-corrected chi connectivity index (χ3v) is 2.49. The summed E-state index contributed by atoms with van der Waals surface area (Å²) < 4.78 is 66.3. The first-order valence-corrected chi connectivity index (χ1v) is 6.14. The van der Waals surface area contributed by atoms with Crippen molar-refractivity contribution in [2.45, 2.75) is 18.6 Å². The van der Waals surface area contributed by atoms with Crippen molar-refractivity contribution in [2.75, 3.05) is 13.7 Å². The van der Waals surface area contributed by atoms with Gasteiger partial charge < -0.3 is 4.74 Å². The topological polar surface area (TPSA) is 86.8 Å². The highest BCUT2D eigenvalue weighted by atomic mass is 19.4. The van der Waals surface area contributed by atoms with Gasteiger partial charge in [0.25, 0.3) is 6.43 Å². The molecule has 1 heterocycles. The average Bonchev–Trinajstić information content (AvgIpc) is 2.51. The molecule has 1 atom stereocenters. The molecule has 0 bridgehead atoms. The zero-order valence-electron chi connectivity index (χ0n) is 12.0. The summed E-state index contributed by atoms with van der Waals surface area (Å²) in [5, 5.41) is 2.06. The number of hydrogen-bond acceptors (Lipinski definition) is 7. The molecule has 0 radical (unpaired) electrons. The molecular formula is C12H11F5N2O5. The molecule has 1 N–H and O–H groups in total. The first-order chi connectivity index (χ1) is 11.1. The molecule has 1 aromatic heterocycles. The number of rotatable bonds is 6. The molecule has 0 saturated heterocycles. The second-order valence-electron chi connectivity index (χ2n) is 4.18. The molecule has 0 aromatic carbocycles. The lowest BCUT2D eigenvalue weighted by atomic mass is 10.1. The molecule has 0 amide bonds. The van der Waals surface area contributed by atoms with Crippen LogP contribution in [0.2, 0.25) is 0 Å². The zero-order valence-corrected chi connectivity index (χ0v) is 12.0. The van der Waals surface area contributed by atoms with Crippen molar-refractivity contribution in [3.8, 4) is 5.75 Å². The Kier molecular flexibility index (Phi) is 6.82. The van der Waals surface area contributed by atoms with E-state index in [0.717, 1.165) is 6.20 Å². The van der Waals surface area contributed by atoms with Crippen LogP contribution in [-0.4, -0.2) is 43.2 Å². The Bertz CT molecular complexity index is 581.